The fourth-order valence-electron chi connectivity index (χ4n) is 4.38. The molecule has 0 spiro atoms. The smallest absolute Gasteiger partial charge is 0.250 e. The molecule has 0 bridgehead atoms. The summed E-state index contributed by atoms with van der Waals surface area (Å²) in [5.41, 5.74) is 2.76. The van der Waals surface area contributed by atoms with E-state index in [4.69, 9.17) is 19.2 Å². The van der Waals surface area contributed by atoms with Gasteiger partial charge in [0, 0.05) is 63.1 Å². The molecule has 1 fully saturated rings. The molecule has 4 aromatic rings. The molecule has 2 aromatic heterocycles. The van der Waals surface area contributed by atoms with Gasteiger partial charge in [0.1, 0.15) is 22.7 Å². The first-order valence-corrected chi connectivity index (χ1v) is 11.2. The van der Waals surface area contributed by atoms with Crippen molar-refractivity contribution in [3.05, 3.63) is 77.0 Å². The number of rotatable bonds is 6. The summed E-state index contributed by atoms with van der Waals surface area (Å²) >= 11 is 0. The summed E-state index contributed by atoms with van der Waals surface area (Å²) in [7, 11) is 1.74. The molecule has 3 heterocycles. The zero-order valence-electron chi connectivity index (χ0n) is 18.8. The number of ether oxygens (including phenoxy) is 3. The second kappa shape index (κ2) is 8.84. The number of aromatic nitrogens is 3. The van der Waals surface area contributed by atoms with Gasteiger partial charge in [-0.1, -0.05) is 18.2 Å². The highest BCUT2D eigenvalue weighted by atomic mass is 16.5. The number of hydrogen-bond acceptors (Lipinski definition) is 5. The molecule has 0 aliphatic carbocycles. The van der Waals surface area contributed by atoms with Crippen molar-refractivity contribution in [3.63, 3.8) is 0 Å². The summed E-state index contributed by atoms with van der Waals surface area (Å²) in [5, 5.41) is 0. The lowest BCUT2D eigenvalue weighted by molar-refractivity contribution is -0.117. The van der Waals surface area contributed by atoms with Gasteiger partial charge in [-0.3, -0.25) is 4.79 Å². The van der Waals surface area contributed by atoms with Crippen molar-refractivity contribution in [3.8, 4) is 22.6 Å². The Morgan fingerprint density at radius 2 is 1.88 bits per heavy atom. The summed E-state index contributed by atoms with van der Waals surface area (Å²) in [6.07, 6.45) is 3.29. The molecule has 2 aromatic carbocycles. The molecule has 0 amide bonds. The van der Waals surface area contributed by atoms with Gasteiger partial charge in [-0.2, -0.15) is 0 Å². The molecular weight excluding hydrogens is 418 g/mol. The number of hydrogen-bond donors (Lipinski definition) is 1. The van der Waals surface area contributed by atoms with Gasteiger partial charge in [-0.15, -0.1) is 0 Å². The standard InChI is InChI=1S/C26H27N3O4/c1-3-32-26(13-15-31-16-14-26)25-27-21-11-10-20(18-9-12-22(30)29(2)17-18)24(23(21)28-25)33-19-7-5-4-6-8-19/h4-12,17H,3,13-16H2,1-2H3,(H,27,28). The van der Waals surface area contributed by atoms with Crippen LogP contribution in [0.5, 0.6) is 11.5 Å². The first-order chi connectivity index (χ1) is 16.1. The fraction of sp³-hybridized carbons (Fsp3) is 0.308. The van der Waals surface area contributed by atoms with Gasteiger partial charge >= 0.3 is 0 Å². The van der Waals surface area contributed by atoms with Gasteiger partial charge in [0.05, 0.1) is 5.52 Å². The van der Waals surface area contributed by atoms with Crippen molar-refractivity contribution < 1.29 is 14.2 Å². The molecule has 0 atom stereocenters. The van der Waals surface area contributed by atoms with Crippen LogP contribution in [0.2, 0.25) is 0 Å². The van der Waals surface area contributed by atoms with Crippen LogP contribution < -0.4 is 10.3 Å². The van der Waals surface area contributed by atoms with Crippen molar-refractivity contribution in [2.24, 2.45) is 7.05 Å². The zero-order chi connectivity index (χ0) is 22.8. The first kappa shape index (κ1) is 21.4. The lowest BCUT2D eigenvalue weighted by atomic mass is 9.93. The van der Waals surface area contributed by atoms with E-state index in [1.807, 2.05) is 61.7 Å². The molecule has 0 unspecified atom stereocenters. The molecule has 1 aliphatic rings. The lowest BCUT2D eigenvalue weighted by Gasteiger charge is -2.35. The number of aromatic amines is 1. The van der Waals surface area contributed by atoms with Gasteiger partial charge in [0.15, 0.2) is 5.75 Å². The van der Waals surface area contributed by atoms with E-state index in [1.54, 1.807) is 17.7 Å². The highest BCUT2D eigenvalue weighted by Crippen LogP contribution is 2.41. The highest BCUT2D eigenvalue weighted by molar-refractivity contribution is 5.91. The second-order valence-corrected chi connectivity index (χ2v) is 8.25. The summed E-state index contributed by atoms with van der Waals surface area (Å²) in [6, 6.07) is 17.0. The van der Waals surface area contributed by atoms with Gasteiger partial charge in [0.25, 0.3) is 0 Å². The van der Waals surface area contributed by atoms with Crippen LogP contribution >= 0.6 is 0 Å². The summed E-state index contributed by atoms with van der Waals surface area (Å²) < 4.78 is 19.8. The van der Waals surface area contributed by atoms with Crippen LogP contribution in [0.4, 0.5) is 0 Å². The molecule has 1 aliphatic heterocycles. The van der Waals surface area contributed by atoms with Crippen LogP contribution in [-0.4, -0.2) is 34.4 Å². The molecule has 1 N–H and O–H groups in total. The van der Waals surface area contributed by atoms with Crippen molar-refractivity contribution in [2.45, 2.75) is 25.4 Å². The minimum atomic E-state index is -0.507. The fourth-order valence-corrected chi connectivity index (χ4v) is 4.38. The van der Waals surface area contributed by atoms with Gasteiger partial charge < -0.3 is 23.8 Å². The van der Waals surface area contributed by atoms with Crippen LogP contribution in [0.15, 0.2) is 65.6 Å². The largest absolute Gasteiger partial charge is 0.454 e. The van der Waals surface area contributed by atoms with E-state index >= 15 is 0 Å². The van der Waals surface area contributed by atoms with E-state index in [2.05, 4.69) is 4.98 Å². The predicted octanol–water partition coefficient (Wildman–Crippen LogP) is 4.76. The van der Waals surface area contributed by atoms with Crippen LogP contribution in [0.1, 0.15) is 25.6 Å². The van der Waals surface area contributed by atoms with Gasteiger partial charge in [-0.25, -0.2) is 4.98 Å². The maximum atomic E-state index is 12.0. The number of nitrogens with one attached hydrogen (secondary N) is 1. The molecule has 5 rings (SSSR count). The molecule has 7 heteroatoms. The number of pyridine rings is 1. The van der Waals surface area contributed by atoms with Crippen LogP contribution in [0, 0.1) is 0 Å². The van der Waals surface area contributed by atoms with Crippen molar-refractivity contribution in [2.75, 3.05) is 19.8 Å². The first-order valence-electron chi connectivity index (χ1n) is 11.2. The Hall–Kier alpha value is -3.42. The maximum absolute atomic E-state index is 12.0. The van der Waals surface area contributed by atoms with Crippen molar-refractivity contribution in [1.29, 1.82) is 0 Å². The number of fused-ring (bicyclic) bond motifs is 1. The minimum absolute atomic E-state index is 0.0643. The Bertz CT molecular complexity index is 1320. The van der Waals surface area contributed by atoms with E-state index in [0.717, 1.165) is 40.8 Å². The van der Waals surface area contributed by atoms with Gasteiger partial charge in [-0.05, 0) is 37.3 Å². The number of nitrogens with zero attached hydrogens (tertiary/aromatic N) is 2. The lowest BCUT2D eigenvalue weighted by Crippen LogP contribution is -2.37. The third-order valence-electron chi connectivity index (χ3n) is 6.12. The van der Waals surface area contributed by atoms with E-state index in [1.165, 1.54) is 0 Å². The van der Waals surface area contributed by atoms with E-state index in [9.17, 15) is 4.79 Å². The Labute approximate surface area is 192 Å². The van der Waals surface area contributed by atoms with Crippen molar-refractivity contribution >= 4 is 11.0 Å². The third kappa shape index (κ3) is 4.05. The Morgan fingerprint density at radius 3 is 2.61 bits per heavy atom. The average Bonchev–Trinajstić information content (AvgIpc) is 3.28. The molecular formula is C26H27N3O4. The van der Waals surface area contributed by atoms with Gasteiger partial charge in [0.2, 0.25) is 5.56 Å². The molecule has 33 heavy (non-hydrogen) atoms. The van der Waals surface area contributed by atoms with Crippen LogP contribution in [-0.2, 0) is 22.1 Å². The van der Waals surface area contributed by atoms with E-state index in [0.29, 0.717) is 31.3 Å². The predicted molar refractivity (Wildman–Crippen MR) is 127 cm³/mol. The summed E-state index contributed by atoms with van der Waals surface area (Å²) in [5.74, 6) is 2.14. The average molecular weight is 446 g/mol. The normalized spacial score (nSPS) is 15.6. The quantitative estimate of drug-likeness (QED) is 0.463. The number of para-hydroxylation sites is 1. The van der Waals surface area contributed by atoms with Crippen molar-refractivity contribution in [1.82, 2.24) is 14.5 Å². The molecule has 0 saturated carbocycles. The monoisotopic (exact) mass is 445 g/mol. The van der Waals surface area contributed by atoms with E-state index < -0.39 is 5.60 Å². The number of benzene rings is 2. The molecule has 0 radical (unpaired) electrons. The highest BCUT2D eigenvalue weighted by Gasteiger charge is 2.38. The number of imidazole rings is 1. The summed E-state index contributed by atoms with van der Waals surface area (Å²) in [6.45, 7) is 3.86. The topological polar surface area (TPSA) is 78.4 Å². The molecule has 170 valence electrons. The Balaban J connectivity index is 1.69. The van der Waals surface area contributed by atoms with Crippen LogP contribution in [0.3, 0.4) is 0 Å². The third-order valence-corrected chi connectivity index (χ3v) is 6.12. The summed E-state index contributed by atoms with van der Waals surface area (Å²) in [4.78, 5) is 20.5. The van der Waals surface area contributed by atoms with E-state index in [-0.39, 0.29) is 5.56 Å². The second-order valence-electron chi connectivity index (χ2n) is 8.25. The zero-order valence-corrected chi connectivity index (χ0v) is 18.8. The molecule has 1 saturated heterocycles. The SMILES string of the molecule is CCOC1(c2nc3c(Oc4ccccc4)c(-c4ccc(=O)n(C)c4)ccc3[nH]2)CCOCC1. The maximum Gasteiger partial charge on any atom is 0.250 e. The number of aryl methyl sites for hydroxylation is 1. The Kier molecular flexibility index (Phi) is 5.74. The number of H-pyrrole nitrogens is 1. The molecule has 7 nitrogen and oxygen atoms in total. The Morgan fingerprint density at radius 1 is 1.09 bits per heavy atom. The van der Waals surface area contributed by atoms with Crippen LogP contribution in [0.25, 0.3) is 22.2 Å². The minimum Gasteiger partial charge on any atom is -0.454 e.